The van der Waals surface area contributed by atoms with Crippen molar-refractivity contribution in [2.24, 2.45) is 5.73 Å². The quantitative estimate of drug-likeness (QED) is 0.416. The summed E-state index contributed by atoms with van der Waals surface area (Å²) < 4.78 is 0. The Hall–Kier alpha value is -1.69. The number of rotatable bonds is 7. The second-order valence-corrected chi connectivity index (χ2v) is 3.40. The summed E-state index contributed by atoms with van der Waals surface area (Å²) in [7, 11) is 0. The molecule has 0 aliphatic heterocycles. The average molecular weight is 224 g/mol. The number of anilines is 1. The first-order valence-corrected chi connectivity index (χ1v) is 5.29. The number of hydrogen-bond acceptors (Lipinski definition) is 5. The maximum Gasteiger partial charge on any atom is 0.311 e. The molecule has 88 valence electrons. The van der Waals surface area contributed by atoms with Crippen LogP contribution < -0.4 is 11.1 Å². The standard InChI is InChI=1S/C10H16N4O2/c11-6-2-1-3-7-12-10-9(14(15)16)5-4-8-13-10/h4-5,8H,1-3,6-7,11H2,(H,12,13). The van der Waals surface area contributed by atoms with E-state index in [-0.39, 0.29) is 5.69 Å². The van der Waals surface area contributed by atoms with Gasteiger partial charge in [-0.25, -0.2) is 4.98 Å². The summed E-state index contributed by atoms with van der Waals surface area (Å²) in [6, 6.07) is 2.99. The van der Waals surface area contributed by atoms with E-state index in [9.17, 15) is 10.1 Å². The lowest BCUT2D eigenvalue weighted by atomic mass is 10.2. The molecule has 0 aliphatic carbocycles. The van der Waals surface area contributed by atoms with Gasteiger partial charge < -0.3 is 11.1 Å². The highest BCUT2D eigenvalue weighted by atomic mass is 16.6. The second kappa shape index (κ2) is 6.73. The first-order chi connectivity index (χ1) is 7.75. The number of nitrogens with two attached hydrogens (primary N) is 1. The van der Waals surface area contributed by atoms with Crippen molar-refractivity contribution in [2.45, 2.75) is 19.3 Å². The van der Waals surface area contributed by atoms with Crippen molar-refractivity contribution in [2.75, 3.05) is 18.4 Å². The molecule has 1 aromatic heterocycles. The summed E-state index contributed by atoms with van der Waals surface area (Å²) in [5, 5.41) is 13.6. The molecule has 1 aromatic rings. The predicted molar refractivity (Wildman–Crippen MR) is 62.3 cm³/mol. The Morgan fingerprint density at radius 1 is 1.44 bits per heavy atom. The zero-order valence-corrected chi connectivity index (χ0v) is 9.06. The summed E-state index contributed by atoms with van der Waals surface area (Å²) in [4.78, 5) is 14.2. The Labute approximate surface area is 94.0 Å². The van der Waals surface area contributed by atoms with Gasteiger partial charge in [0.05, 0.1) is 4.92 Å². The molecule has 0 saturated heterocycles. The Balaban J connectivity index is 2.44. The molecule has 1 heterocycles. The summed E-state index contributed by atoms with van der Waals surface area (Å²) in [5.74, 6) is 0.334. The Bertz CT molecular complexity index is 343. The van der Waals surface area contributed by atoms with Gasteiger partial charge in [-0.3, -0.25) is 10.1 Å². The normalized spacial score (nSPS) is 10.1. The molecular weight excluding hydrogens is 208 g/mol. The number of pyridine rings is 1. The summed E-state index contributed by atoms with van der Waals surface area (Å²) in [6.07, 6.45) is 4.47. The molecule has 0 atom stereocenters. The van der Waals surface area contributed by atoms with Crippen LogP contribution in [-0.2, 0) is 0 Å². The van der Waals surface area contributed by atoms with Crippen LogP contribution in [0.4, 0.5) is 11.5 Å². The third kappa shape index (κ3) is 3.82. The molecule has 0 bridgehead atoms. The Kier molecular flexibility index (Phi) is 5.21. The molecule has 6 nitrogen and oxygen atoms in total. The van der Waals surface area contributed by atoms with Crippen LogP contribution >= 0.6 is 0 Å². The minimum absolute atomic E-state index is 0.0151. The SMILES string of the molecule is NCCCCCNc1ncccc1[N+](=O)[O-]. The van der Waals surface area contributed by atoms with E-state index in [1.165, 1.54) is 12.3 Å². The predicted octanol–water partition coefficient (Wildman–Crippen LogP) is 1.53. The fourth-order valence-electron chi connectivity index (χ4n) is 1.33. The lowest BCUT2D eigenvalue weighted by Crippen LogP contribution is -2.07. The highest BCUT2D eigenvalue weighted by molar-refractivity contribution is 5.54. The molecule has 1 rings (SSSR count). The number of aromatic nitrogens is 1. The highest BCUT2D eigenvalue weighted by Gasteiger charge is 2.12. The Morgan fingerprint density at radius 3 is 2.94 bits per heavy atom. The Morgan fingerprint density at radius 2 is 2.25 bits per heavy atom. The van der Waals surface area contributed by atoms with Crippen molar-refractivity contribution in [1.82, 2.24) is 4.98 Å². The number of unbranched alkanes of at least 4 members (excludes halogenated alkanes) is 2. The van der Waals surface area contributed by atoms with Gasteiger partial charge in [0, 0.05) is 18.8 Å². The van der Waals surface area contributed by atoms with Gasteiger partial charge in [0.15, 0.2) is 0 Å². The van der Waals surface area contributed by atoms with Gasteiger partial charge >= 0.3 is 5.69 Å². The van der Waals surface area contributed by atoms with E-state index in [0.29, 0.717) is 18.9 Å². The van der Waals surface area contributed by atoms with Crippen molar-refractivity contribution >= 4 is 11.5 Å². The second-order valence-electron chi connectivity index (χ2n) is 3.40. The maximum atomic E-state index is 10.7. The van der Waals surface area contributed by atoms with E-state index in [4.69, 9.17) is 5.73 Å². The van der Waals surface area contributed by atoms with Crippen molar-refractivity contribution < 1.29 is 4.92 Å². The van der Waals surface area contributed by atoms with Crippen molar-refractivity contribution in [1.29, 1.82) is 0 Å². The molecule has 3 N–H and O–H groups in total. The summed E-state index contributed by atoms with van der Waals surface area (Å²) >= 11 is 0. The number of nitrogens with zero attached hydrogens (tertiary/aromatic N) is 2. The fraction of sp³-hybridized carbons (Fsp3) is 0.500. The molecule has 0 unspecified atom stereocenters. The lowest BCUT2D eigenvalue weighted by Gasteiger charge is -2.05. The third-order valence-electron chi connectivity index (χ3n) is 2.16. The molecular formula is C10H16N4O2. The van der Waals surface area contributed by atoms with Gasteiger partial charge in [0.25, 0.3) is 0 Å². The van der Waals surface area contributed by atoms with E-state index in [0.717, 1.165) is 19.3 Å². The van der Waals surface area contributed by atoms with Crippen LogP contribution in [0.1, 0.15) is 19.3 Å². The van der Waals surface area contributed by atoms with Crippen LogP contribution in [-0.4, -0.2) is 23.0 Å². The summed E-state index contributed by atoms with van der Waals surface area (Å²) in [5.41, 5.74) is 5.38. The van der Waals surface area contributed by atoms with E-state index in [1.54, 1.807) is 6.07 Å². The lowest BCUT2D eigenvalue weighted by molar-refractivity contribution is -0.384. The molecule has 0 radical (unpaired) electrons. The largest absolute Gasteiger partial charge is 0.364 e. The van der Waals surface area contributed by atoms with Crippen LogP contribution in [0.2, 0.25) is 0 Å². The van der Waals surface area contributed by atoms with Crippen LogP contribution in [0.3, 0.4) is 0 Å². The third-order valence-corrected chi connectivity index (χ3v) is 2.16. The first-order valence-electron chi connectivity index (χ1n) is 5.29. The van der Waals surface area contributed by atoms with Crippen LogP contribution in [0.5, 0.6) is 0 Å². The van der Waals surface area contributed by atoms with E-state index in [1.807, 2.05) is 0 Å². The molecule has 0 amide bonds. The van der Waals surface area contributed by atoms with E-state index in [2.05, 4.69) is 10.3 Å². The topological polar surface area (TPSA) is 94.1 Å². The smallest absolute Gasteiger partial charge is 0.311 e. The van der Waals surface area contributed by atoms with Gasteiger partial charge in [-0.15, -0.1) is 0 Å². The number of nitro groups is 1. The monoisotopic (exact) mass is 224 g/mol. The number of hydrogen-bond donors (Lipinski definition) is 2. The first kappa shape index (κ1) is 12.4. The minimum atomic E-state index is -0.435. The average Bonchev–Trinajstić information content (AvgIpc) is 2.29. The van der Waals surface area contributed by atoms with Crippen LogP contribution in [0.15, 0.2) is 18.3 Å². The molecule has 16 heavy (non-hydrogen) atoms. The van der Waals surface area contributed by atoms with E-state index < -0.39 is 4.92 Å². The van der Waals surface area contributed by atoms with Gasteiger partial charge in [0.1, 0.15) is 0 Å². The number of nitrogens with one attached hydrogen (secondary N) is 1. The van der Waals surface area contributed by atoms with Crippen molar-refractivity contribution in [3.05, 3.63) is 28.4 Å². The minimum Gasteiger partial charge on any atom is -0.364 e. The zero-order chi connectivity index (χ0) is 11.8. The zero-order valence-electron chi connectivity index (χ0n) is 9.06. The molecule has 0 spiro atoms. The van der Waals surface area contributed by atoms with Gasteiger partial charge in [0.2, 0.25) is 5.82 Å². The molecule has 0 saturated carbocycles. The van der Waals surface area contributed by atoms with Gasteiger partial charge in [-0.1, -0.05) is 6.42 Å². The van der Waals surface area contributed by atoms with Crippen LogP contribution in [0.25, 0.3) is 0 Å². The fourth-order valence-corrected chi connectivity index (χ4v) is 1.33. The van der Waals surface area contributed by atoms with Gasteiger partial charge in [-0.2, -0.15) is 0 Å². The maximum absolute atomic E-state index is 10.7. The van der Waals surface area contributed by atoms with Crippen molar-refractivity contribution in [3.63, 3.8) is 0 Å². The van der Waals surface area contributed by atoms with Crippen molar-refractivity contribution in [3.8, 4) is 0 Å². The van der Waals surface area contributed by atoms with Crippen LogP contribution in [0, 0.1) is 10.1 Å². The van der Waals surface area contributed by atoms with Gasteiger partial charge in [-0.05, 0) is 25.5 Å². The molecule has 6 heteroatoms. The molecule has 0 fully saturated rings. The summed E-state index contributed by atoms with van der Waals surface area (Å²) in [6.45, 7) is 1.36. The molecule has 0 aromatic carbocycles. The molecule has 0 aliphatic rings. The highest BCUT2D eigenvalue weighted by Crippen LogP contribution is 2.19. The van der Waals surface area contributed by atoms with E-state index >= 15 is 0 Å².